The van der Waals surface area contributed by atoms with Gasteiger partial charge in [0.25, 0.3) is 0 Å². The highest BCUT2D eigenvalue weighted by molar-refractivity contribution is 5.70. The number of pyridine rings is 1. The van der Waals surface area contributed by atoms with Crippen LogP contribution < -0.4 is 0 Å². The molecule has 0 bridgehead atoms. The molecule has 2 heterocycles. The summed E-state index contributed by atoms with van der Waals surface area (Å²) in [5.74, 6) is -1.10. The van der Waals surface area contributed by atoms with Crippen LogP contribution in [0.4, 0.5) is 8.78 Å². The van der Waals surface area contributed by atoms with Crippen LogP contribution in [0.5, 0.6) is 0 Å². The molecule has 2 aromatic heterocycles. The fourth-order valence-corrected chi connectivity index (χ4v) is 1.93. The highest BCUT2D eigenvalue weighted by Crippen LogP contribution is 2.25. The molecule has 0 atom stereocenters. The Hall–Kier alpha value is -2.16. The van der Waals surface area contributed by atoms with Crippen LogP contribution in [-0.2, 0) is 0 Å². The van der Waals surface area contributed by atoms with Crippen molar-refractivity contribution in [1.82, 2.24) is 4.40 Å². The van der Waals surface area contributed by atoms with Crippen molar-refractivity contribution in [1.29, 1.82) is 0 Å². The zero-order valence-electron chi connectivity index (χ0n) is 8.90. The van der Waals surface area contributed by atoms with Gasteiger partial charge in [0.05, 0.1) is 0 Å². The molecule has 84 valence electrons. The number of aromatic nitrogens is 1. The van der Waals surface area contributed by atoms with Crippen molar-refractivity contribution in [2.24, 2.45) is 0 Å². The Bertz CT molecular complexity index is 653. The zero-order chi connectivity index (χ0) is 11.8. The predicted molar refractivity (Wildman–Crippen MR) is 62.7 cm³/mol. The van der Waals surface area contributed by atoms with Gasteiger partial charge in [0.2, 0.25) is 0 Å². The van der Waals surface area contributed by atoms with Crippen LogP contribution in [-0.4, -0.2) is 4.40 Å². The smallest absolute Gasteiger partial charge is 0.133 e. The van der Waals surface area contributed by atoms with Gasteiger partial charge in [0.15, 0.2) is 0 Å². The minimum atomic E-state index is -0.560. The maximum Gasteiger partial charge on any atom is 0.133 e. The van der Waals surface area contributed by atoms with E-state index in [-0.39, 0.29) is 0 Å². The van der Waals surface area contributed by atoms with Crippen LogP contribution >= 0.6 is 0 Å². The highest BCUT2D eigenvalue weighted by Gasteiger charge is 2.08. The molecule has 17 heavy (non-hydrogen) atoms. The minimum Gasteiger partial charge on any atom is -0.323 e. The number of fused-ring (bicyclic) bond motifs is 1. The molecule has 0 aliphatic heterocycles. The number of benzene rings is 1. The topological polar surface area (TPSA) is 4.41 Å². The first-order valence-corrected chi connectivity index (χ1v) is 5.26. The third-order valence-corrected chi connectivity index (χ3v) is 2.75. The maximum atomic E-state index is 13.6. The molecule has 0 radical (unpaired) electrons. The largest absolute Gasteiger partial charge is 0.323 e. The zero-order valence-corrected chi connectivity index (χ0v) is 8.90. The van der Waals surface area contributed by atoms with E-state index >= 15 is 0 Å². The lowest BCUT2D eigenvalue weighted by atomic mass is 10.1. The Balaban J connectivity index is 2.20. The molecule has 1 aromatic carbocycles. The molecule has 0 aliphatic carbocycles. The lowest BCUT2D eigenvalue weighted by molar-refractivity contribution is 0.585. The van der Waals surface area contributed by atoms with E-state index in [2.05, 4.69) is 0 Å². The first-order valence-electron chi connectivity index (χ1n) is 5.26. The molecule has 3 heteroatoms. The van der Waals surface area contributed by atoms with Crippen molar-refractivity contribution < 1.29 is 8.78 Å². The van der Waals surface area contributed by atoms with Gasteiger partial charge >= 0.3 is 0 Å². The average Bonchev–Trinajstić information content (AvgIpc) is 2.72. The standard InChI is InChI=1S/C14H9F2N/c15-11-4-5-13(14(16)8-11)10-7-12-3-1-2-6-17(12)9-10/h1-9H. The van der Waals surface area contributed by atoms with Gasteiger partial charge in [-0.2, -0.15) is 0 Å². The Morgan fingerprint density at radius 3 is 2.59 bits per heavy atom. The lowest BCUT2D eigenvalue weighted by Crippen LogP contribution is -1.84. The summed E-state index contributed by atoms with van der Waals surface area (Å²) in [4.78, 5) is 0. The van der Waals surface area contributed by atoms with Crippen LogP contribution in [0.3, 0.4) is 0 Å². The van der Waals surface area contributed by atoms with Crippen molar-refractivity contribution in [3.8, 4) is 11.1 Å². The third-order valence-electron chi connectivity index (χ3n) is 2.75. The lowest BCUT2D eigenvalue weighted by Gasteiger charge is -1.99. The Morgan fingerprint density at radius 2 is 1.82 bits per heavy atom. The van der Waals surface area contributed by atoms with Crippen LogP contribution in [0, 0.1) is 11.6 Å². The van der Waals surface area contributed by atoms with E-state index in [9.17, 15) is 8.78 Å². The van der Waals surface area contributed by atoms with Gasteiger partial charge < -0.3 is 4.40 Å². The number of hydrogen-bond acceptors (Lipinski definition) is 0. The third kappa shape index (κ3) is 1.69. The molecular formula is C14H9F2N. The quantitative estimate of drug-likeness (QED) is 0.596. The monoisotopic (exact) mass is 229 g/mol. The summed E-state index contributed by atoms with van der Waals surface area (Å²) in [7, 11) is 0. The van der Waals surface area contributed by atoms with Crippen molar-refractivity contribution in [2.45, 2.75) is 0 Å². The van der Waals surface area contributed by atoms with E-state index in [1.165, 1.54) is 12.1 Å². The first-order chi connectivity index (χ1) is 8.24. The SMILES string of the molecule is Fc1ccc(-c2cc3ccccn3c2)c(F)c1. The molecule has 0 aliphatic rings. The van der Waals surface area contributed by atoms with Crippen LogP contribution in [0.1, 0.15) is 0 Å². The molecule has 0 saturated carbocycles. The van der Waals surface area contributed by atoms with E-state index in [1.54, 1.807) is 0 Å². The summed E-state index contributed by atoms with van der Waals surface area (Å²) in [6.07, 6.45) is 3.71. The van der Waals surface area contributed by atoms with Gasteiger partial charge in [-0.3, -0.25) is 0 Å². The molecule has 0 unspecified atom stereocenters. The van der Waals surface area contributed by atoms with Gasteiger partial charge in [0, 0.05) is 35.1 Å². The second-order valence-corrected chi connectivity index (χ2v) is 3.89. The molecule has 0 amide bonds. The van der Waals surface area contributed by atoms with Crippen LogP contribution in [0.15, 0.2) is 54.9 Å². The molecule has 0 spiro atoms. The van der Waals surface area contributed by atoms with E-state index in [0.29, 0.717) is 5.56 Å². The number of hydrogen-bond donors (Lipinski definition) is 0. The van der Waals surface area contributed by atoms with Crippen molar-refractivity contribution in [2.75, 3.05) is 0 Å². The van der Waals surface area contributed by atoms with E-state index in [1.807, 2.05) is 41.1 Å². The Labute approximate surface area is 96.9 Å². The van der Waals surface area contributed by atoms with Crippen LogP contribution in [0.25, 0.3) is 16.6 Å². The van der Waals surface area contributed by atoms with Crippen LogP contribution in [0.2, 0.25) is 0 Å². The molecule has 3 rings (SSSR count). The number of rotatable bonds is 1. The summed E-state index contributed by atoms with van der Waals surface area (Å²) < 4.78 is 28.3. The molecule has 0 N–H and O–H groups in total. The minimum absolute atomic E-state index is 0.412. The maximum absolute atomic E-state index is 13.6. The van der Waals surface area contributed by atoms with Gasteiger partial charge in [0.1, 0.15) is 11.6 Å². The normalized spacial score (nSPS) is 10.9. The van der Waals surface area contributed by atoms with Gasteiger partial charge in [-0.15, -0.1) is 0 Å². The van der Waals surface area contributed by atoms with Crippen molar-refractivity contribution in [3.63, 3.8) is 0 Å². The average molecular weight is 229 g/mol. The fraction of sp³-hybridized carbons (Fsp3) is 0. The Kier molecular flexibility index (Phi) is 2.18. The second-order valence-electron chi connectivity index (χ2n) is 3.89. The van der Waals surface area contributed by atoms with E-state index < -0.39 is 11.6 Å². The highest BCUT2D eigenvalue weighted by atomic mass is 19.1. The van der Waals surface area contributed by atoms with Crippen molar-refractivity contribution in [3.05, 3.63) is 66.5 Å². The summed E-state index contributed by atoms with van der Waals surface area (Å²) in [5.41, 5.74) is 2.13. The Morgan fingerprint density at radius 1 is 0.941 bits per heavy atom. The molecule has 3 aromatic rings. The molecule has 0 fully saturated rings. The molecule has 1 nitrogen and oxygen atoms in total. The van der Waals surface area contributed by atoms with Gasteiger partial charge in [-0.25, -0.2) is 8.78 Å². The number of nitrogens with zero attached hydrogens (tertiary/aromatic N) is 1. The van der Waals surface area contributed by atoms with E-state index in [0.717, 1.165) is 17.1 Å². The summed E-state index contributed by atoms with van der Waals surface area (Å²) >= 11 is 0. The predicted octanol–water partition coefficient (Wildman–Crippen LogP) is 3.88. The molecule has 0 saturated heterocycles. The summed E-state index contributed by atoms with van der Waals surface area (Å²) in [5, 5.41) is 0. The molecular weight excluding hydrogens is 220 g/mol. The van der Waals surface area contributed by atoms with Gasteiger partial charge in [-0.1, -0.05) is 6.07 Å². The summed E-state index contributed by atoms with van der Waals surface area (Å²) in [6.45, 7) is 0. The van der Waals surface area contributed by atoms with Gasteiger partial charge in [-0.05, 0) is 30.3 Å². The number of halogens is 2. The van der Waals surface area contributed by atoms with E-state index in [4.69, 9.17) is 0 Å². The second kappa shape index (κ2) is 3.70. The van der Waals surface area contributed by atoms with Crippen molar-refractivity contribution >= 4 is 5.52 Å². The summed E-state index contributed by atoms with van der Waals surface area (Å²) in [6, 6.07) is 11.2. The fourth-order valence-electron chi connectivity index (χ4n) is 1.93. The first kappa shape index (κ1) is 10.0.